The second kappa shape index (κ2) is 10.9. The molecule has 180 valence electrons. The van der Waals surface area contributed by atoms with Crippen LogP contribution in [0.1, 0.15) is 23.7 Å². The van der Waals surface area contributed by atoms with Crippen LogP contribution in [0.4, 0.5) is 10.8 Å². The van der Waals surface area contributed by atoms with Crippen LogP contribution in [-0.4, -0.2) is 25.9 Å². The minimum absolute atomic E-state index is 0.0667. The molecule has 0 radical (unpaired) electrons. The lowest BCUT2D eigenvalue weighted by molar-refractivity contribution is 0.102. The number of aromatic nitrogens is 1. The monoisotopic (exact) mass is 527 g/mol. The van der Waals surface area contributed by atoms with Crippen molar-refractivity contribution in [3.8, 4) is 17.0 Å². The number of sulfonamides is 1. The minimum atomic E-state index is -3.83. The molecule has 0 aliphatic carbocycles. The Balaban J connectivity index is 1.43. The van der Waals surface area contributed by atoms with E-state index in [2.05, 4.69) is 21.9 Å². The van der Waals surface area contributed by atoms with Gasteiger partial charge in [0.25, 0.3) is 15.9 Å². The highest BCUT2D eigenvalue weighted by Gasteiger charge is 2.16. The second-order valence-electron chi connectivity index (χ2n) is 7.51. The number of anilines is 2. The van der Waals surface area contributed by atoms with E-state index in [1.165, 1.54) is 41.7 Å². The first kappa shape index (κ1) is 24.7. The van der Waals surface area contributed by atoms with E-state index in [0.29, 0.717) is 16.8 Å². The zero-order valence-corrected chi connectivity index (χ0v) is 21.1. The van der Waals surface area contributed by atoms with Gasteiger partial charge in [-0.1, -0.05) is 24.6 Å². The smallest absolute Gasteiger partial charge is 0.261 e. The minimum Gasteiger partial charge on any atom is -0.494 e. The predicted octanol–water partition coefficient (Wildman–Crippen LogP) is 6.31. The van der Waals surface area contributed by atoms with E-state index in [-0.39, 0.29) is 16.1 Å². The summed E-state index contributed by atoms with van der Waals surface area (Å²) < 4.78 is 33.3. The van der Waals surface area contributed by atoms with Crippen LogP contribution < -0.4 is 14.8 Å². The van der Waals surface area contributed by atoms with E-state index in [4.69, 9.17) is 16.3 Å². The van der Waals surface area contributed by atoms with Crippen molar-refractivity contribution in [2.45, 2.75) is 18.2 Å². The molecule has 0 aliphatic heterocycles. The van der Waals surface area contributed by atoms with Gasteiger partial charge in [-0.3, -0.25) is 14.8 Å². The number of nitrogens with one attached hydrogen (secondary N) is 2. The van der Waals surface area contributed by atoms with Gasteiger partial charge in [0.1, 0.15) is 5.75 Å². The maximum Gasteiger partial charge on any atom is 0.261 e. The van der Waals surface area contributed by atoms with Crippen molar-refractivity contribution in [1.82, 2.24) is 4.98 Å². The van der Waals surface area contributed by atoms with Gasteiger partial charge >= 0.3 is 0 Å². The highest BCUT2D eigenvalue weighted by molar-refractivity contribution is 7.92. The van der Waals surface area contributed by atoms with Crippen molar-refractivity contribution in [2.75, 3.05) is 16.6 Å². The SMILES string of the molecule is CCCOc1ccc(-c2csc(NC(=O)c3cccc(NS(=O)(=O)c4ccc(Cl)cc4)c3)n2)cc1. The Morgan fingerprint density at radius 1 is 1.06 bits per heavy atom. The maximum atomic E-state index is 12.8. The van der Waals surface area contributed by atoms with Gasteiger partial charge in [0.05, 0.1) is 17.2 Å². The van der Waals surface area contributed by atoms with E-state index < -0.39 is 15.9 Å². The Hall–Kier alpha value is -3.40. The molecule has 0 atom stereocenters. The first-order valence-electron chi connectivity index (χ1n) is 10.7. The number of thiazole rings is 1. The zero-order valence-electron chi connectivity index (χ0n) is 18.7. The third-order valence-electron chi connectivity index (χ3n) is 4.85. The fourth-order valence-corrected chi connectivity index (χ4v) is 5.02. The number of hydrogen-bond acceptors (Lipinski definition) is 6. The van der Waals surface area contributed by atoms with Gasteiger partial charge in [0.15, 0.2) is 5.13 Å². The van der Waals surface area contributed by atoms with E-state index in [1.807, 2.05) is 29.6 Å². The van der Waals surface area contributed by atoms with Crippen LogP contribution in [0, 0.1) is 0 Å². The molecule has 7 nitrogen and oxygen atoms in total. The summed E-state index contributed by atoms with van der Waals surface area (Å²) >= 11 is 7.14. The molecule has 0 aliphatic rings. The van der Waals surface area contributed by atoms with Crippen LogP contribution >= 0.6 is 22.9 Å². The van der Waals surface area contributed by atoms with Gasteiger partial charge in [-0.2, -0.15) is 0 Å². The summed E-state index contributed by atoms with van der Waals surface area (Å²) in [5.41, 5.74) is 2.19. The molecule has 2 N–H and O–H groups in total. The lowest BCUT2D eigenvalue weighted by Crippen LogP contribution is -2.15. The second-order valence-corrected chi connectivity index (χ2v) is 10.5. The molecule has 35 heavy (non-hydrogen) atoms. The van der Waals surface area contributed by atoms with Gasteiger partial charge in [0, 0.05) is 27.2 Å². The summed E-state index contributed by atoms with van der Waals surface area (Å²) in [5, 5.41) is 5.49. The molecule has 0 saturated heterocycles. The fourth-order valence-electron chi connectivity index (χ4n) is 3.13. The van der Waals surface area contributed by atoms with Crippen LogP contribution in [0.3, 0.4) is 0 Å². The lowest BCUT2D eigenvalue weighted by Gasteiger charge is -2.09. The molecule has 0 saturated carbocycles. The van der Waals surface area contributed by atoms with Crippen LogP contribution in [0.25, 0.3) is 11.3 Å². The number of rotatable bonds is 9. The van der Waals surface area contributed by atoms with Crippen LogP contribution in [0.2, 0.25) is 5.02 Å². The number of hydrogen-bond donors (Lipinski definition) is 2. The molecular weight excluding hydrogens is 506 g/mol. The quantitative estimate of drug-likeness (QED) is 0.266. The molecule has 0 unspecified atom stereocenters. The summed E-state index contributed by atoms with van der Waals surface area (Å²) in [6.45, 7) is 2.71. The van der Waals surface area contributed by atoms with Crippen molar-refractivity contribution in [2.24, 2.45) is 0 Å². The first-order chi connectivity index (χ1) is 16.8. The molecule has 1 aromatic heterocycles. The van der Waals surface area contributed by atoms with Gasteiger partial charge in [-0.25, -0.2) is 13.4 Å². The van der Waals surface area contributed by atoms with Crippen molar-refractivity contribution >= 4 is 49.7 Å². The van der Waals surface area contributed by atoms with Gasteiger partial charge < -0.3 is 4.74 Å². The highest BCUT2D eigenvalue weighted by Crippen LogP contribution is 2.27. The molecule has 3 aromatic carbocycles. The third kappa shape index (κ3) is 6.39. The molecule has 10 heteroatoms. The van der Waals surface area contributed by atoms with E-state index in [0.717, 1.165) is 23.4 Å². The largest absolute Gasteiger partial charge is 0.494 e. The topological polar surface area (TPSA) is 97.4 Å². The number of nitrogens with zero attached hydrogens (tertiary/aromatic N) is 1. The average molecular weight is 528 g/mol. The number of halogens is 1. The molecule has 1 heterocycles. The molecular formula is C25H22ClN3O4S2. The number of ether oxygens (including phenoxy) is 1. The Labute approximate surface area is 212 Å². The Morgan fingerprint density at radius 3 is 2.51 bits per heavy atom. The number of benzene rings is 3. The van der Waals surface area contributed by atoms with E-state index >= 15 is 0 Å². The van der Waals surface area contributed by atoms with E-state index in [9.17, 15) is 13.2 Å². The molecule has 0 bridgehead atoms. The summed E-state index contributed by atoms with van der Waals surface area (Å²) in [6.07, 6.45) is 0.939. The third-order valence-corrected chi connectivity index (χ3v) is 7.26. The van der Waals surface area contributed by atoms with Crippen LogP contribution in [-0.2, 0) is 10.0 Å². The Bertz CT molecular complexity index is 1420. The Morgan fingerprint density at radius 2 is 1.80 bits per heavy atom. The highest BCUT2D eigenvalue weighted by atomic mass is 35.5. The first-order valence-corrected chi connectivity index (χ1v) is 13.5. The van der Waals surface area contributed by atoms with E-state index in [1.54, 1.807) is 18.2 Å². The fraction of sp³-hybridized carbons (Fsp3) is 0.120. The zero-order chi connectivity index (χ0) is 24.8. The number of amides is 1. The summed E-state index contributed by atoms with van der Waals surface area (Å²) in [6, 6.07) is 19.7. The number of carbonyl (C=O) groups is 1. The normalized spacial score (nSPS) is 11.1. The van der Waals surface area contributed by atoms with Crippen molar-refractivity contribution in [3.05, 3.63) is 88.8 Å². The van der Waals surface area contributed by atoms with Crippen molar-refractivity contribution in [1.29, 1.82) is 0 Å². The molecule has 0 spiro atoms. The maximum absolute atomic E-state index is 12.8. The van der Waals surface area contributed by atoms with Crippen LogP contribution in [0.15, 0.2) is 83.1 Å². The summed E-state index contributed by atoms with van der Waals surface area (Å²) in [7, 11) is -3.83. The predicted molar refractivity (Wildman–Crippen MR) is 140 cm³/mol. The van der Waals surface area contributed by atoms with Gasteiger partial charge in [0.2, 0.25) is 0 Å². The summed E-state index contributed by atoms with van der Waals surface area (Å²) in [5.74, 6) is 0.396. The summed E-state index contributed by atoms with van der Waals surface area (Å²) in [4.78, 5) is 17.3. The average Bonchev–Trinajstić information content (AvgIpc) is 3.31. The molecule has 1 amide bonds. The molecule has 4 aromatic rings. The Kier molecular flexibility index (Phi) is 7.70. The molecule has 0 fully saturated rings. The number of carbonyl (C=O) groups excluding carboxylic acids is 1. The van der Waals surface area contributed by atoms with Crippen molar-refractivity contribution < 1.29 is 17.9 Å². The van der Waals surface area contributed by atoms with Gasteiger partial charge in [-0.15, -0.1) is 11.3 Å². The standard InChI is InChI=1S/C25H22ClN3O4S2/c1-2-14-33-21-10-6-17(7-11-21)23-16-34-25(27-23)28-24(30)18-4-3-5-20(15-18)29-35(31,32)22-12-8-19(26)9-13-22/h3-13,15-16,29H,2,14H2,1H3,(H,27,28,30). The van der Waals surface area contributed by atoms with Gasteiger partial charge in [-0.05, 0) is 73.2 Å². The van der Waals surface area contributed by atoms with Crippen LogP contribution in [0.5, 0.6) is 5.75 Å². The lowest BCUT2D eigenvalue weighted by atomic mass is 10.2. The van der Waals surface area contributed by atoms with Crippen molar-refractivity contribution in [3.63, 3.8) is 0 Å². The molecule has 4 rings (SSSR count).